The topological polar surface area (TPSA) is 97.0 Å². The van der Waals surface area contributed by atoms with E-state index in [9.17, 15) is 14.4 Å². The fourth-order valence-corrected chi connectivity index (χ4v) is 3.54. The second-order valence-corrected chi connectivity index (χ2v) is 8.13. The molecular formula is C19H24BrN3O5S. The van der Waals surface area contributed by atoms with E-state index in [-0.39, 0.29) is 30.0 Å². The van der Waals surface area contributed by atoms with Crippen LogP contribution in [0, 0.1) is 5.92 Å². The van der Waals surface area contributed by atoms with E-state index in [0.717, 1.165) is 0 Å². The summed E-state index contributed by atoms with van der Waals surface area (Å²) in [7, 11) is 1.53. The Kier molecular flexibility index (Phi) is 8.39. The largest absolute Gasteiger partial charge is 0.496 e. The van der Waals surface area contributed by atoms with Crippen LogP contribution in [0.3, 0.4) is 0 Å². The molecular weight excluding hydrogens is 462 g/mol. The first-order valence-corrected chi connectivity index (χ1v) is 10.3. The molecule has 8 nitrogen and oxygen atoms in total. The molecule has 29 heavy (non-hydrogen) atoms. The van der Waals surface area contributed by atoms with Gasteiger partial charge in [0, 0.05) is 18.7 Å². The van der Waals surface area contributed by atoms with Crippen LogP contribution in [0.4, 0.5) is 0 Å². The predicted molar refractivity (Wildman–Crippen MR) is 115 cm³/mol. The lowest BCUT2D eigenvalue weighted by Crippen LogP contribution is -2.60. The molecule has 1 aromatic carbocycles. The minimum Gasteiger partial charge on any atom is -0.496 e. The number of amides is 2. The molecule has 0 aliphatic carbocycles. The zero-order chi connectivity index (χ0) is 21.6. The van der Waals surface area contributed by atoms with Crippen LogP contribution in [-0.4, -0.2) is 60.6 Å². The lowest BCUT2D eigenvalue weighted by atomic mass is 10.1. The lowest BCUT2D eigenvalue weighted by molar-refractivity contribution is -0.148. The Morgan fingerprint density at radius 2 is 2.14 bits per heavy atom. The molecule has 2 rings (SSSR count). The van der Waals surface area contributed by atoms with Crippen LogP contribution in [0.2, 0.25) is 0 Å². The Labute approximate surface area is 183 Å². The van der Waals surface area contributed by atoms with E-state index < -0.39 is 17.9 Å². The quantitative estimate of drug-likeness (QED) is 0.468. The lowest BCUT2D eigenvalue weighted by Gasteiger charge is -2.36. The van der Waals surface area contributed by atoms with Crippen molar-refractivity contribution in [2.24, 2.45) is 5.92 Å². The highest BCUT2D eigenvalue weighted by Crippen LogP contribution is 2.25. The summed E-state index contributed by atoms with van der Waals surface area (Å²) >= 11 is 8.68. The summed E-state index contributed by atoms with van der Waals surface area (Å²) in [5, 5.41) is 5.42. The van der Waals surface area contributed by atoms with Gasteiger partial charge in [0.1, 0.15) is 11.8 Å². The maximum atomic E-state index is 12.6. The minimum absolute atomic E-state index is 0.0819. The zero-order valence-corrected chi connectivity index (χ0v) is 18.9. The summed E-state index contributed by atoms with van der Waals surface area (Å²) in [6.07, 6.45) is -0.150. The molecule has 1 unspecified atom stereocenters. The van der Waals surface area contributed by atoms with Crippen molar-refractivity contribution in [1.29, 1.82) is 0 Å². The van der Waals surface area contributed by atoms with Crippen molar-refractivity contribution in [3.05, 3.63) is 28.2 Å². The van der Waals surface area contributed by atoms with Gasteiger partial charge in [-0.25, -0.2) is 0 Å². The van der Waals surface area contributed by atoms with Crippen molar-refractivity contribution in [2.45, 2.75) is 26.3 Å². The van der Waals surface area contributed by atoms with Crippen molar-refractivity contribution in [3.63, 3.8) is 0 Å². The number of nitrogens with one attached hydrogen (secondary N) is 2. The van der Waals surface area contributed by atoms with Crippen LogP contribution < -0.4 is 15.4 Å². The van der Waals surface area contributed by atoms with Crippen LogP contribution in [-0.2, 0) is 14.3 Å². The Bertz CT molecular complexity index is 802. The van der Waals surface area contributed by atoms with Crippen molar-refractivity contribution >= 4 is 51.0 Å². The number of ether oxygens (including phenoxy) is 2. The third-order valence-corrected chi connectivity index (χ3v) is 5.12. The molecule has 0 spiro atoms. The van der Waals surface area contributed by atoms with Crippen molar-refractivity contribution < 1.29 is 23.9 Å². The molecule has 158 valence electrons. The van der Waals surface area contributed by atoms with Gasteiger partial charge in [0.15, 0.2) is 5.11 Å². The third-order valence-electron chi connectivity index (χ3n) is 4.16. The van der Waals surface area contributed by atoms with E-state index in [1.807, 2.05) is 13.8 Å². The summed E-state index contributed by atoms with van der Waals surface area (Å²) in [5.41, 5.74) is 0.370. The Balaban J connectivity index is 2.06. The second kappa shape index (κ2) is 10.5. The molecule has 1 atom stereocenters. The third kappa shape index (κ3) is 6.40. The van der Waals surface area contributed by atoms with Gasteiger partial charge in [0.05, 0.1) is 24.6 Å². The molecule has 1 aliphatic rings. The first kappa shape index (κ1) is 23.1. The van der Waals surface area contributed by atoms with E-state index in [2.05, 4.69) is 26.6 Å². The summed E-state index contributed by atoms with van der Waals surface area (Å²) in [6, 6.07) is 4.04. The average molecular weight is 486 g/mol. The van der Waals surface area contributed by atoms with Gasteiger partial charge in [-0.1, -0.05) is 13.8 Å². The normalized spacial score (nSPS) is 16.2. The smallest absolute Gasteiger partial charge is 0.308 e. The molecule has 0 bridgehead atoms. The number of esters is 1. The second-order valence-electron chi connectivity index (χ2n) is 6.89. The first-order chi connectivity index (χ1) is 13.7. The molecule has 10 heteroatoms. The Hall–Kier alpha value is -2.20. The monoisotopic (exact) mass is 485 g/mol. The SMILES string of the molecule is COc1ccc(C(=O)NC(=S)N2CCNC(=O)C2CC(=O)OCC(C)C)cc1Br. The maximum Gasteiger partial charge on any atom is 0.308 e. The maximum absolute atomic E-state index is 12.6. The van der Waals surface area contributed by atoms with Crippen LogP contribution in [0.25, 0.3) is 0 Å². The number of hydrogen-bond donors (Lipinski definition) is 2. The molecule has 0 aromatic heterocycles. The standard InChI is InChI=1S/C19H24BrN3O5S/c1-11(2)10-28-16(24)9-14-18(26)21-6-7-23(14)19(29)22-17(25)12-4-5-15(27-3)13(20)8-12/h4-5,8,11,14H,6-7,9-10H2,1-3H3,(H,21,26)(H,22,25,29). The Morgan fingerprint density at radius 1 is 1.41 bits per heavy atom. The number of methoxy groups -OCH3 is 1. The number of nitrogens with zero attached hydrogens (tertiary/aromatic N) is 1. The fraction of sp³-hybridized carbons (Fsp3) is 0.474. The van der Waals surface area contributed by atoms with E-state index in [1.54, 1.807) is 23.1 Å². The van der Waals surface area contributed by atoms with Crippen LogP contribution in [0.15, 0.2) is 22.7 Å². The highest BCUT2D eigenvalue weighted by Gasteiger charge is 2.34. The van der Waals surface area contributed by atoms with Gasteiger partial charge in [-0.05, 0) is 52.3 Å². The van der Waals surface area contributed by atoms with Gasteiger partial charge < -0.3 is 19.7 Å². The molecule has 0 radical (unpaired) electrons. The molecule has 1 aliphatic heterocycles. The molecule has 1 saturated heterocycles. The van der Waals surface area contributed by atoms with Crippen molar-refractivity contribution in [2.75, 3.05) is 26.8 Å². The number of benzene rings is 1. The van der Waals surface area contributed by atoms with Crippen LogP contribution >= 0.6 is 28.1 Å². The summed E-state index contributed by atoms with van der Waals surface area (Å²) < 4.78 is 11.0. The molecule has 0 saturated carbocycles. The minimum atomic E-state index is -0.834. The number of rotatable bonds is 6. The van der Waals surface area contributed by atoms with Crippen LogP contribution in [0.1, 0.15) is 30.6 Å². The van der Waals surface area contributed by atoms with Gasteiger partial charge in [0.25, 0.3) is 5.91 Å². The average Bonchev–Trinajstić information content (AvgIpc) is 2.67. The van der Waals surface area contributed by atoms with Gasteiger partial charge in [0.2, 0.25) is 5.91 Å². The van der Waals surface area contributed by atoms with E-state index in [0.29, 0.717) is 28.9 Å². The van der Waals surface area contributed by atoms with Gasteiger partial charge in [-0.3, -0.25) is 19.7 Å². The molecule has 2 amide bonds. The number of carbonyl (C=O) groups excluding carboxylic acids is 3. The van der Waals surface area contributed by atoms with Gasteiger partial charge in [-0.15, -0.1) is 0 Å². The number of hydrogen-bond acceptors (Lipinski definition) is 6. The summed E-state index contributed by atoms with van der Waals surface area (Å²) in [5.74, 6) is -0.456. The Morgan fingerprint density at radius 3 is 2.76 bits per heavy atom. The zero-order valence-electron chi connectivity index (χ0n) is 16.5. The van der Waals surface area contributed by atoms with E-state index >= 15 is 0 Å². The van der Waals surface area contributed by atoms with E-state index in [1.165, 1.54) is 7.11 Å². The fourth-order valence-electron chi connectivity index (χ4n) is 2.69. The van der Waals surface area contributed by atoms with Crippen molar-refractivity contribution in [1.82, 2.24) is 15.5 Å². The van der Waals surface area contributed by atoms with Crippen LogP contribution in [0.5, 0.6) is 5.75 Å². The number of piperazine rings is 1. The summed E-state index contributed by atoms with van der Waals surface area (Å²) in [4.78, 5) is 38.5. The summed E-state index contributed by atoms with van der Waals surface area (Å²) in [6.45, 7) is 4.87. The first-order valence-electron chi connectivity index (χ1n) is 9.11. The number of thiocarbonyl (C=S) groups is 1. The van der Waals surface area contributed by atoms with Gasteiger partial charge in [-0.2, -0.15) is 0 Å². The van der Waals surface area contributed by atoms with E-state index in [4.69, 9.17) is 21.7 Å². The van der Waals surface area contributed by atoms with Gasteiger partial charge >= 0.3 is 5.97 Å². The molecule has 1 fully saturated rings. The molecule has 1 heterocycles. The molecule has 2 N–H and O–H groups in total. The number of halogens is 1. The molecule has 1 aromatic rings. The highest BCUT2D eigenvalue weighted by molar-refractivity contribution is 9.10. The van der Waals surface area contributed by atoms with Crippen molar-refractivity contribution in [3.8, 4) is 5.75 Å². The number of carbonyl (C=O) groups is 3. The highest BCUT2D eigenvalue weighted by atomic mass is 79.9. The predicted octanol–water partition coefficient (Wildman–Crippen LogP) is 1.86.